The van der Waals surface area contributed by atoms with Crippen molar-refractivity contribution in [3.8, 4) is 0 Å². The first kappa shape index (κ1) is 14.1. The lowest BCUT2D eigenvalue weighted by Crippen LogP contribution is -2.43. The van der Waals surface area contributed by atoms with Gasteiger partial charge in [-0.25, -0.2) is 5.84 Å². The van der Waals surface area contributed by atoms with Gasteiger partial charge in [-0.1, -0.05) is 13.8 Å². The number of nitrogens with one attached hydrogen (secondary N) is 1. The summed E-state index contributed by atoms with van der Waals surface area (Å²) in [6.45, 7) is 6.65. The van der Waals surface area contributed by atoms with Crippen molar-refractivity contribution in [2.75, 3.05) is 13.1 Å². The third-order valence-electron chi connectivity index (χ3n) is 1.92. The smallest absolute Gasteiger partial charge is 0.236 e. The number of hydrogen-bond acceptors (Lipinski definition) is 4. The first-order valence-corrected chi connectivity index (χ1v) is 5.21. The Kier molecular flexibility index (Phi) is 6.90. The van der Waals surface area contributed by atoms with Gasteiger partial charge in [0.15, 0.2) is 0 Å². The Morgan fingerprint density at radius 3 is 2.40 bits per heavy atom. The lowest BCUT2D eigenvalue weighted by Gasteiger charge is -2.17. The van der Waals surface area contributed by atoms with Crippen LogP contribution in [0.3, 0.4) is 0 Å². The maximum absolute atomic E-state index is 11.3. The van der Waals surface area contributed by atoms with Gasteiger partial charge in [0.05, 0.1) is 0 Å². The highest BCUT2D eigenvalue weighted by atomic mass is 16.2. The Morgan fingerprint density at radius 2 is 1.93 bits per heavy atom. The van der Waals surface area contributed by atoms with Crippen LogP contribution in [-0.4, -0.2) is 35.8 Å². The van der Waals surface area contributed by atoms with E-state index >= 15 is 0 Å². The zero-order valence-electron chi connectivity index (χ0n) is 9.75. The number of amides is 1. The van der Waals surface area contributed by atoms with E-state index in [0.29, 0.717) is 19.1 Å². The highest BCUT2D eigenvalue weighted by molar-refractivity contribution is 5.83. The van der Waals surface area contributed by atoms with Crippen LogP contribution in [0.1, 0.15) is 33.6 Å². The molecule has 0 rings (SSSR count). The van der Waals surface area contributed by atoms with E-state index in [4.69, 9.17) is 5.84 Å². The van der Waals surface area contributed by atoms with Gasteiger partial charge in [-0.3, -0.25) is 9.80 Å². The lowest BCUT2D eigenvalue weighted by atomic mass is 10.2. The molecule has 5 heteroatoms. The predicted molar refractivity (Wildman–Crippen MR) is 59.0 cm³/mol. The molecule has 0 aromatic heterocycles. The van der Waals surface area contributed by atoms with Gasteiger partial charge in [0.2, 0.25) is 5.91 Å². The molecule has 15 heavy (non-hydrogen) atoms. The summed E-state index contributed by atoms with van der Waals surface area (Å²) < 4.78 is 0. The van der Waals surface area contributed by atoms with Crippen molar-refractivity contribution in [2.24, 2.45) is 5.84 Å². The molecule has 0 saturated carbocycles. The summed E-state index contributed by atoms with van der Waals surface area (Å²) in [6, 6.07) is 0.380. The molecule has 0 aliphatic heterocycles. The summed E-state index contributed by atoms with van der Waals surface area (Å²) >= 11 is 0. The third kappa shape index (κ3) is 8.08. The predicted octanol–water partition coefficient (Wildman–Crippen LogP) is 0.0559. The summed E-state index contributed by atoms with van der Waals surface area (Å²) in [4.78, 5) is 22.0. The summed E-state index contributed by atoms with van der Waals surface area (Å²) in [7, 11) is 0. The van der Waals surface area contributed by atoms with Gasteiger partial charge in [-0.05, 0) is 6.92 Å². The molecule has 0 bridgehead atoms. The zero-order chi connectivity index (χ0) is 11.8. The van der Waals surface area contributed by atoms with Gasteiger partial charge < -0.3 is 10.1 Å². The van der Waals surface area contributed by atoms with Gasteiger partial charge in [0.1, 0.15) is 5.78 Å². The van der Waals surface area contributed by atoms with Crippen molar-refractivity contribution in [3.63, 3.8) is 0 Å². The molecule has 0 aliphatic carbocycles. The molecule has 0 radical (unpaired) electrons. The average molecular weight is 215 g/mol. The van der Waals surface area contributed by atoms with E-state index in [1.54, 1.807) is 0 Å². The second-order valence-electron chi connectivity index (χ2n) is 3.90. The second-order valence-corrected chi connectivity index (χ2v) is 3.90. The minimum Gasteiger partial charge on any atom is -0.313 e. The van der Waals surface area contributed by atoms with Crippen LogP contribution in [0.4, 0.5) is 0 Å². The fourth-order valence-electron chi connectivity index (χ4n) is 1.02. The van der Waals surface area contributed by atoms with Crippen LogP contribution in [0.5, 0.6) is 0 Å². The molecule has 5 nitrogen and oxygen atoms in total. The van der Waals surface area contributed by atoms with Crippen LogP contribution in [0.15, 0.2) is 0 Å². The highest BCUT2D eigenvalue weighted by Crippen LogP contribution is 1.94. The second kappa shape index (κ2) is 7.36. The maximum Gasteiger partial charge on any atom is 0.236 e. The van der Waals surface area contributed by atoms with Crippen LogP contribution in [0.2, 0.25) is 0 Å². The molecule has 0 saturated heterocycles. The van der Waals surface area contributed by atoms with E-state index < -0.39 is 0 Å². The van der Waals surface area contributed by atoms with E-state index in [9.17, 15) is 9.59 Å². The molecule has 1 amide bonds. The monoisotopic (exact) mass is 215 g/mol. The van der Waals surface area contributed by atoms with Crippen molar-refractivity contribution < 1.29 is 9.59 Å². The number of ketones is 1. The molecule has 0 aliphatic rings. The van der Waals surface area contributed by atoms with Gasteiger partial charge in [-0.2, -0.15) is 0 Å². The Balaban J connectivity index is 3.64. The van der Waals surface area contributed by atoms with Crippen LogP contribution in [-0.2, 0) is 9.59 Å². The highest BCUT2D eigenvalue weighted by Gasteiger charge is 2.09. The van der Waals surface area contributed by atoms with Crippen molar-refractivity contribution in [2.45, 2.75) is 39.7 Å². The molecule has 0 unspecified atom stereocenters. The van der Waals surface area contributed by atoms with E-state index in [0.717, 1.165) is 0 Å². The number of carbonyl (C=O) groups is 2. The van der Waals surface area contributed by atoms with Crippen molar-refractivity contribution in [1.29, 1.82) is 0 Å². The Bertz CT molecular complexity index is 217. The normalized spacial score (nSPS) is 10.5. The van der Waals surface area contributed by atoms with E-state index in [1.165, 1.54) is 11.9 Å². The minimum absolute atomic E-state index is 0.0112. The van der Waals surface area contributed by atoms with Gasteiger partial charge >= 0.3 is 0 Å². The minimum atomic E-state index is -0.184. The number of hydrazine groups is 1. The number of carbonyl (C=O) groups excluding carboxylic acids is 2. The molecular weight excluding hydrogens is 194 g/mol. The van der Waals surface area contributed by atoms with Crippen LogP contribution < -0.4 is 11.2 Å². The summed E-state index contributed by atoms with van der Waals surface area (Å²) in [5, 5.41) is 4.32. The van der Waals surface area contributed by atoms with Crippen LogP contribution >= 0.6 is 0 Å². The molecule has 0 aromatic carbocycles. The van der Waals surface area contributed by atoms with E-state index in [-0.39, 0.29) is 24.5 Å². The molecule has 3 N–H and O–H groups in total. The van der Waals surface area contributed by atoms with Gasteiger partial charge in [0.25, 0.3) is 0 Å². The zero-order valence-corrected chi connectivity index (χ0v) is 9.75. The van der Waals surface area contributed by atoms with Crippen molar-refractivity contribution in [1.82, 2.24) is 10.3 Å². The number of nitrogens with two attached hydrogens (primary N) is 1. The molecule has 0 atom stereocenters. The first-order valence-electron chi connectivity index (χ1n) is 5.21. The number of hydrogen-bond donors (Lipinski definition) is 2. The molecule has 0 heterocycles. The standard InChI is InChI=1S/C10H21N3O2/c1-8(2)12-6-7-13(11)10(15)5-4-9(3)14/h8,12H,4-7,11H2,1-3H3. The van der Waals surface area contributed by atoms with E-state index in [1.807, 2.05) is 13.8 Å². The van der Waals surface area contributed by atoms with Crippen LogP contribution in [0.25, 0.3) is 0 Å². The van der Waals surface area contributed by atoms with Crippen LogP contribution in [0, 0.1) is 0 Å². The first-order chi connectivity index (χ1) is 6.93. The summed E-state index contributed by atoms with van der Waals surface area (Å²) in [5.41, 5.74) is 0. The average Bonchev–Trinajstić information content (AvgIpc) is 2.13. The number of Topliss-reactive ketones (excluding diaryl/α,β-unsaturated/α-hetero) is 1. The Labute approximate surface area is 91.0 Å². The summed E-state index contributed by atoms with van der Waals surface area (Å²) in [5.74, 6) is 5.35. The topological polar surface area (TPSA) is 75.4 Å². The summed E-state index contributed by atoms with van der Waals surface area (Å²) in [6.07, 6.45) is 0.470. The fraction of sp³-hybridized carbons (Fsp3) is 0.800. The number of nitrogens with zero attached hydrogens (tertiary/aromatic N) is 1. The van der Waals surface area contributed by atoms with Crippen molar-refractivity contribution >= 4 is 11.7 Å². The SMILES string of the molecule is CC(=O)CCC(=O)N(N)CCNC(C)C. The van der Waals surface area contributed by atoms with Gasteiger partial charge in [-0.15, -0.1) is 0 Å². The van der Waals surface area contributed by atoms with E-state index in [2.05, 4.69) is 5.32 Å². The molecule has 88 valence electrons. The third-order valence-corrected chi connectivity index (χ3v) is 1.92. The molecular formula is C10H21N3O2. The lowest BCUT2D eigenvalue weighted by molar-refractivity contribution is -0.133. The maximum atomic E-state index is 11.3. The van der Waals surface area contributed by atoms with Crippen molar-refractivity contribution in [3.05, 3.63) is 0 Å². The number of rotatable bonds is 7. The Morgan fingerprint density at radius 1 is 1.33 bits per heavy atom. The largest absolute Gasteiger partial charge is 0.313 e. The molecule has 0 fully saturated rings. The molecule has 0 spiro atoms. The van der Waals surface area contributed by atoms with Gasteiger partial charge in [0, 0.05) is 32.0 Å². The Hall–Kier alpha value is -0.940. The fourth-order valence-corrected chi connectivity index (χ4v) is 1.02. The molecule has 0 aromatic rings. The quantitative estimate of drug-likeness (QED) is 0.357.